The highest BCUT2D eigenvalue weighted by atomic mass is 32.1. The maximum atomic E-state index is 10.5. The molecule has 0 atom stereocenters. The van der Waals surface area contributed by atoms with Gasteiger partial charge >= 0.3 is 5.97 Å². The second-order valence-electron chi connectivity index (χ2n) is 4.02. The Morgan fingerprint density at radius 2 is 1.94 bits per heavy atom. The highest BCUT2D eigenvalue weighted by Crippen LogP contribution is 2.10. The molecule has 4 nitrogen and oxygen atoms in total. The number of anilines is 1. The van der Waals surface area contributed by atoms with Gasteiger partial charge in [-0.1, -0.05) is 12.1 Å². The Balaban J connectivity index is 2.56. The zero-order valence-corrected chi connectivity index (χ0v) is 10.7. The van der Waals surface area contributed by atoms with Crippen LogP contribution in [0.25, 0.3) is 0 Å². The van der Waals surface area contributed by atoms with Gasteiger partial charge in [-0.05, 0) is 43.8 Å². The van der Waals surface area contributed by atoms with E-state index in [0.717, 1.165) is 11.3 Å². The molecule has 0 saturated carbocycles. The summed E-state index contributed by atoms with van der Waals surface area (Å²) in [6.07, 6.45) is 0.0367. The minimum atomic E-state index is -0.831. The molecular weight excluding hydrogens is 236 g/mol. The molecule has 0 saturated heterocycles. The van der Waals surface area contributed by atoms with Gasteiger partial charge in [-0.3, -0.25) is 4.79 Å². The van der Waals surface area contributed by atoms with Crippen LogP contribution in [-0.4, -0.2) is 22.2 Å². The lowest BCUT2D eigenvalue weighted by molar-refractivity contribution is -0.136. The van der Waals surface area contributed by atoms with Gasteiger partial charge in [-0.2, -0.15) is 0 Å². The van der Waals surface area contributed by atoms with Crippen LogP contribution in [0.4, 0.5) is 5.69 Å². The van der Waals surface area contributed by atoms with Gasteiger partial charge in [0.1, 0.15) is 0 Å². The Kier molecular flexibility index (Phi) is 4.90. The zero-order chi connectivity index (χ0) is 12.8. The lowest BCUT2D eigenvalue weighted by Gasteiger charge is -2.13. The molecule has 0 spiro atoms. The number of thiocarbonyl (C=S) groups is 1. The van der Waals surface area contributed by atoms with Crippen molar-refractivity contribution in [2.24, 2.45) is 0 Å². The molecule has 0 aliphatic carbocycles. The third-order valence-corrected chi connectivity index (χ3v) is 2.21. The van der Waals surface area contributed by atoms with Crippen LogP contribution in [0.1, 0.15) is 19.4 Å². The van der Waals surface area contributed by atoms with Crippen molar-refractivity contribution in [2.75, 3.05) is 5.32 Å². The average Bonchev–Trinajstić information content (AvgIpc) is 2.18. The number of carboxylic acid groups (broad SMARTS) is 1. The molecule has 0 unspecified atom stereocenters. The van der Waals surface area contributed by atoms with Gasteiger partial charge in [0.25, 0.3) is 0 Å². The highest BCUT2D eigenvalue weighted by Gasteiger charge is 2.02. The van der Waals surface area contributed by atoms with E-state index in [1.807, 2.05) is 26.0 Å². The first kappa shape index (κ1) is 13.4. The van der Waals surface area contributed by atoms with E-state index in [2.05, 4.69) is 10.6 Å². The lowest BCUT2D eigenvalue weighted by Crippen LogP contribution is -2.33. The summed E-state index contributed by atoms with van der Waals surface area (Å²) < 4.78 is 0. The maximum absolute atomic E-state index is 10.5. The van der Waals surface area contributed by atoms with E-state index in [4.69, 9.17) is 17.3 Å². The number of carboxylic acids is 1. The summed E-state index contributed by atoms with van der Waals surface area (Å²) in [4.78, 5) is 10.5. The van der Waals surface area contributed by atoms with Crippen molar-refractivity contribution >= 4 is 29.0 Å². The molecule has 0 aliphatic rings. The van der Waals surface area contributed by atoms with E-state index < -0.39 is 5.97 Å². The summed E-state index contributed by atoms with van der Waals surface area (Å²) in [6, 6.07) is 7.45. The van der Waals surface area contributed by atoms with Crippen molar-refractivity contribution in [3.05, 3.63) is 29.8 Å². The molecule has 1 rings (SSSR count). The second kappa shape index (κ2) is 6.20. The molecule has 0 radical (unpaired) electrons. The first-order valence-corrected chi connectivity index (χ1v) is 5.76. The van der Waals surface area contributed by atoms with E-state index in [1.54, 1.807) is 12.1 Å². The first-order valence-electron chi connectivity index (χ1n) is 5.35. The number of nitrogens with one attached hydrogen (secondary N) is 2. The fourth-order valence-electron chi connectivity index (χ4n) is 1.31. The molecule has 1 aromatic rings. The van der Waals surface area contributed by atoms with Crippen LogP contribution in [0, 0.1) is 0 Å². The van der Waals surface area contributed by atoms with E-state index in [1.165, 1.54) is 0 Å². The van der Waals surface area contributed by atoms with Crippen LogP contribution in [0.5, 0.6) is 0 Å². The van der Waals surface area contributed by atoms with Gasteiger partial charge < -0.3 is 15.7 Å². The number of carbonyl (C=O) groups is 1. The highest BCUT2D eigenvalue weighted by molar-refractivity contribution is 7.80. The third kappa shape index (κ3) is 5.31. The topological polar surface area (TPSA) is 61.4 Å². The smallest absolute Gasteiger partial charge is 0.307 e. The summed E-state index contributed by atoms with van der Waals surface area (Å²) in [5.74, 6) is -0.831. The summed E-state index contributed by atoms with van der Waals surface area (Å²) in [5.41, 5.74) is 1.61. The zero-order valence-electron chi connectivity index (χ0n) is 9.86. The molecule has 0 fully saturated rings. The standard InChI is InChI=1S/C12H16N2O2S/c1-8(2)13-12(17)14-10-5-3-9(4-6-10)7-11(15)16/h3-6,8H,7H2,1-2H3,(H,15,16)(H2,13,14,17). The molecule has 1 aromatic carbocycles. The molecular formula is C12H16N2O2S. The quantitative estimate of drug-likeness (QED) is 0.716. The summed E-state index contributed by atoms with van der Waals surface area (Å²) >= 11 is 5.10. The number of benzene rings is 1. The van der Waals surface area contributed by atoms with Gasteiger partial charge in [0.05, 0.1) is 6.42 Å². The van der Waals surface area contributed by atoms with Gasteiger partial charge in [-0.25, -0.2) is 0 Å². The monoisotopic (exact) mass is 252 g/mol. The number of hydrogen-bond donors (Lipinski definition) is 3. The summed E-state index contributed by atoms with van der Waals surface area (Å²) in [7, 11) is 0. The average molecular weight is 252 g/mol. The lowest BCUT2D eigenvalue weighted by atomic mass is 10.1. The van der Waals surface area contributed by atoms with Crippen molar-refractivity contribution in [3.63, 3.8) is 0 Å². The van der Waals surface area contributed by atoms with E-state index in [9.17, 15) is 4.79 Å². The minimum absolute atomic E-state index is 0.0367. The van der Waals surface area contributed by atoms with E-state index in [0.29, 0.717) is 5.11 Å². The largest absolute Gasteiger partial charge is 0.481 e. The van der Waals surface area contributed by atoms with Crippen LogP contribution < -0.4 is 10.6 Å². The van der Waals surface area contributed by atoms with Crippen molar-refractivity contribution in [3.8, 4) is 0 Å². The van der Waals surface area contributed by atoms with Crippen LogP contribution in [-0.2, 0) is 11.2 Å². The molecule has 0 amide bonds. The Morgan fingerprint density at radius 1 is 1.35 bits per heavy atom. The molecule has 0 aliphatic heterocycles. The molecule has 3 N–H and O–H groups in total. The Bertz CT molecular complexity index is 401. The van der Waals surface area contributed by atoms with Gasteiger partial charge in [0.2, 0.25) is 0 Å². The predicted octanol–water partition coefficient (Wildman–Crippen LogP) is 2.01. The van der Waals surface area contributed by atoms with Crippen LogP contribution in [0.3, 0.4) is 0 Å². The van der Waals surface area contributed by atoms with Crippen LogP contribution in [0.2, 0.25) is 0 Å². The SMILES string of the molecule is CC(C)NC(=S)Nc1ccc(CC(=O)O)cc1. The summed E-state index contributed by atoms with van der Waals surface area (Å²) in [6.45, 7) is 4.01. The maximum Gasteiger partial charge on any atom is 0.307 e. The fraction of sp³-hybridized carbons (Fsp3) is 0.333. The van der Waals surface area contributed by atoms with Crippen molar-refractivity contribution in [1.29, 1.82) is 0 Å². The molecule has 92 valence electrons. The Labute approximate surface area is 106 Å². The third-order valence-electron chi connectivity index (χ3n) is 1.99. The normalized spacial score (nSPS) is 10.1. The number of aliphatic carboxylic acids is 1. The molecule has 0 aromatic heterocycles. The fourth-order valence-corrected chi connectivity index (χ4v) is 1.66. The Morgan fingerprint density at radius 3 is 2.41 bits per heavy atom. The molecule has 5 heteroatoms. The van der Waals surface area contributed by atoms with Gasteiger partial charge in [0, 0.05) is 11.7 Å². The first-order chi connectivity index (χ1) is 7.97. The van der Waals surface area contributed by atoms with Crippen molar-refractivity contribution < 1.29 is 9.90 Å². The van der Waals surface area contributed by atoms with E-state index >= 15 is 0 Å². The molecule has 17 heavy (non-hydrogen) atoms. The van der Waals surface area contributed by atoms with Crippen LogP contribution >= 0.6 is 12.2 Å². The van der Waals surface area contributed by atoms with Gasteiger partial charge in [-0.15, -0.1) is 0 Å². The predicted molar refractivity (Wildman–Crippen MR) is 72.3 cm³/mol. The van der Waals surface area contributed by atoms with Gasteiger partial charge in [0.15, 0.2) is 5.11 Å². The minimum Gasteiger partial charge on any atom is -0.481 e. The number of rotatable bonds is 4. The van der Waals surface area contributed by atoms with Crippen molar-refractivity contribution in [2.45, 2.75) is 26.3 Å². The molecule has 0 bridgehead atoms. The van der Waals surface area contributed by atoms with Crippen LogP contribution in [0.15, 0.2) is 24.3 Å². The molecule has 0 heterocycles. The van der Waals surface area contributed by atoms with E-state index in [-0.39, 0.29) is 12.5 Å². The summed E-state index contributed by atoms with van der Waals surface area (Å²) in [5, 5.41) is 15.3. The number of hydrogen-bond acceptors (Lipinski definition) is 2. The Hall–Kier alpha value is -1.62. The van der Waals surface area contributed by atoms with Crippen molar-refractivity contribution in [1.82, 2.24) is 5.32 Å². The second-order valence-corrected chi connectivity index (χ2v) is 4.43.